The minimum Gasteiger partial charge on any atom is -0.477 e. The molecule has 1 aromatic heterocycles. The van der Waals surface area contributed by atoms with Crippen LogP contribution in [-0.4, -0.2) is 44.4 Å². The van der Waals surface area contributed by atoms with Crippen LogP contribution in [0.1, 0.15) is 17.4 Å². The summed E-state index contributed by atoms with van der Waals surface area (Å²) in [5.74, 6) is -0.165. The first-order valence-electron chi connectivity index (χ1n) is 5.62. The zero-order valence-electron chi connectivity index (χ0n) is 10.4. The molecule has 1 atom stereocenters. The number of pyridine rings is 1. The van der Waals surface area contributed by atoms with Crippen LogP contribution in [0.3, 0.4) is 0 Å². The van der Waals surface area contributed by atoms with Gasteiger partial charge < -0.3 is 15.7 Å². The van der Waals surface area contributed by atoms with Crippen LogP contribution in [0.2, 0.25) is 0 Å². The van der Waals surface area contributed by atoms with E-state index in [0.29, 0.717) is 23.7 Å². The first kappa shape index (κ1) is 15.1. The quantitative estimate of drug-likeness (QED) is 0.712. The third kappa shape index (κ3) is 5.47. The molecule has 0 radical (unpaired) electrons. The van der Waals surface area contributed by atoms with Crippen molar-refractivity contribution < 1.29 is 18.9 Å². The number of carbonyl (C=O) groups excluding carboxylic acids is 1. The summed E-state index contributed by atoms with van der Waals surface area (Å²) in [5.41, 5.74) is 0.295. The number of rotatable bonds is 6. The molecule has 0 saturated carbocycles. The Balaban J connectivity index is 2.40. The van der Waals surface area contributed by atoms with Crippen molar-refractivity contribution in [1.29, 1.82) is 0 Å². The van der Waals surface area contributed by atoms with Crippen molar-refractivity contribution in [3.05, 3.63) is 24.0 Å². The second-order valence-electron chi connectivity index (χ2n) is 3.55. The number of hydrogen-bond acceptors (Lipinski definition) is 4. The van der Waals surface area contributed by atoms with E-state index < -0.39 is 22.8 Å². The molecule has 1 aromatic rings. The Labute approximate surface area is 112 Å². The largest absolute Gasteiger partial charge is 0.477 e. The number of carboxylic acids is 1. The highest BCUT2D eigenvalue weighted by Gasteiger charge is 2.06. The Kier molecular flexibility index (Phi) is 5.94. The molecule has 1 heterocycles. The van der Waals surface area contributed by atoms with Crippen molar-refractivity contribution in [2.24, 2.45) is 0 Å². The van der Waals surface area contributed by atoms with Crippen molar-refractivity contribution >= 4 is 28.5 Å². The molecule has 0 aliphatic rings. The second-order valence-corrected chi connectivity index (χ2v) is 5.42. The first-order valence-corrected chi connectivity index (χ1v) is 7.11. The van der Waals surface area contributed by atoms with Crippen LogP contribution in [0, 0.1) is 0 Å². The van der Waals surface area contributed by atoms with Gasteiger partial charge in [-0.2, -0.15) is 0 Å². The molecule has 104 valence electrons. The number of nitrogens with one attached hydrogen (secondary N) is 2. The van der Waals surface area contributed by atoms with Gasteiger partial charge in [0.15, 0.2) is 0 Å². The summed E-state index contributed by atoms with van der Waals surface area (Å²) in [6.07, 6.45) is 1.26. The topological polar surface area (TPSA) is 108 Å². The number of aromatic nitrogens is 1. The summed E-state index contributed by atoms with van der Waals surface area (Å²) in [7, 11) is -0.918. The van der Waals surface area contributed by atoms with E-state index in [9.17, 15) is 13.8 Å². The van der Waals surface area contributed by atoms with E-state index in [1.165, 1.54) is 18.3 Å². The minimum atomic E-state index is -1.13. The van der Waals surface area contributed by atoms with Crippen molar-refractivity contribution in [2.45, 2.75) is 6.92 Å². The lowest BCUT2D eigenvalue weighted by Crippen LogP contribution is -2.32. The summed E-state index contributed by atoms with van der Waals surface area (Å²) in [5, 5.41) is 13.7. The van der Waals surface area contributed by atoms with E-state index in [-0.39, 0.29) is 5.69 Å². The number of carbonyl (C=O) groups is 2. The fourth-order valence-corrected chi connectivity index (χ4v) is 1.81. The molecular formula is C11H15N3O4S. The Morgan fingerprint density at radius 1 is 1.42 bits per heavy atom. The molecule has 8 heteroatoms. The number of urea groups is 1. The van der Waals surface area contributed by atoms with E-state index in [0.717, 1.165) is 0 Å². The summed E-state index contributed by atoms with van der Waals surface area (Å²) < 4.78 is 11.1. The van der Waals surface area contributed by atoms with Crippen molar-refractivity contribution in [3.63, 3.8) is 0 Å². The lowest BCUT2D eigenvalue weighted by atomic mass is 10.3. The summed E-state index contributed by atoms with van der Waals surface area (Å²) in [6.45, 7) is 2.12. The third-order valence-electron chi connectivity index (χ3n) is 2.18. The molecule has 0 saturated heterocycles. The Bertz CT molecular complexity index is 475. The number of amides is 2. The Morgan fingerprint density at radius 2 is 2.16 bits per heavy atom. The standard InChI is InChI=1S/C11H15N3O4S/c1-2-19(18)6-5-12-11(17)14-8-3-4-9(10(15)16)13-7-8/h3-4,7H,2,5-6H2,1H3,(H,15,16)(H2,12,14,17). The van der Waals surface area contributed by atoms with Crippen LogP contribution in [0.15, 0.2) is 18.3 Å². The average molecular weight is 285 g/mol. The highest BCUT2D eigenvalue weighted by atomic mass is 32.2. The summed E-state index contributed by atoms with van der Waals surface area (Å²) in [4.78, 5) is 25.7. The molecule has 0 fully saturated rings. The first-order chi connectivity index (χ1) is 9.02. The molecule has 7 nitrogen and oxygen atoms in total. The predicted octanol–water partition coefficient (Wildman–Crippen LogP) is 0.670. The van der Waals surface area contributed by atoms with Gasteiger partial charge in [0.05, 0.1) is 11.9 Å². The highest BCUT2D eigenvalue weighted by Crippen LogP contribution is 2.05. The minimum absolute atomic E-state index is 0.0932. The molecular weight excluding hydrogens is 270 g/mol. The van der Waals surface area contributed by atoms with Crippen molar-refractivity contribution in [1.82, 2.24) is 10.3 Å². The van der Waals surface area contributed by atoms with E-state index in [2.05, 4.69) is 15.6 Å². The van der Waals surface area contributed by atoms with Gasteiger partial charge in [0, 0.05) is 28.9 Å². The van der Waals surface area contributed by atoms with Gasteiger partial charge in [0.1, 0.15) is 5.69 Å². The van der Waals surface area contributed by atoms with E-state index in [4.69, 9.17) is 5.11 Å². The molecule has 0 aliphatic heterocycles. The Morgan fingerprint density at radius 3 is 2.68 bits per heavy atom. The lowest BCUT2D eigenvalue weighted by molar-refractivity contribution is 0.0690. The summed E-state index contributed by atoms with van der Waals surface area (Å²) >= 11 is 0. The molecule has 19 heavy (non-hydrogen) atoms. The highest BCUT2D eigenvalue weighted by molar-refractivity contribution is 7.84. The number of nitrogens with zero attached hydrogens (tertiary/aromatic N) is 1. The van der Waals surface area contributed by atoms with Crippen LogP contribution in [0.5, 0.6) is 0 Å². The van der Waals surface area contributed by atoms with E-state index in [1.807, 2.05) is 6.92 Å². The Hall–Kier alpha value is -1.96. The predicted molar refractivity (Wildman–Crippen MR) is 71.8 cm³/mol. The van der Waals surface area contributed by atoms with Gasteiger partial charge in [-0.15, -0.1) is 0 Å². The molecule has 0 bridgehead atoms. The van der Waals surface area contributed by atoms with Gasteiger partial charge in [-0.1, -0.05) is 6.92 Å². The molecule has 0 aromatic carbocycles. The van der Waals surface area contributed by atoms with E-state index >= 15 is 0 Å². The van der Waals surface area contributed by atoms with Gasteiger partial charge in [-0.3, -0.25) is 4.21 Å². The van der Waals surface area contributed by atoms with Gasteiger partial charge in [0.2, 0.25) is 0 Å². The molecule has 1 rings (SSSR count). The van der Waals surface area contributed by atoms with Gasteiger partial charge in [-0.05, 0) is 12.1 Å². The van der Waals surface area contributed by atoms with Crippen LogP contribution >= 0.6 is 0 Å². The van der Waals surface area contributed by atoms with Crippen LogP contribution in [-0.2, 0) is 10.8 Å². The van der Waals surface area contributed by atoms with Crippen LogP contribution in [0.4, 0.5) is 10.5 Å². The van der Waals surface area contributed by atoms with Gasteiger partial charge in [-0.25, -0.2) is 14.6 Å². The van der Waals surface area contributed by atoms with Gasteiger partial charge in [0.25, 0.3) is 0 Å². The normalized spacial score (nSPS) is 11.6. The van der Waals surface area contributed by atoms with Gasteiger partial charge >= 0.3 is 12.0 Å². The van der Waals surface area contributed by atoms with Crippen molar-refractivity contribution in [2.75, 3.05) is 23.4 Å². The number of hydrogen-bond donors (Lipinski definition) is 3. The maximum Gasteiger partial charge on any atom is 0.354 e. The molecule has 0 spiro atoms. The number of carboxylic acid groups (broad SMARTS) is 1. The zero-order valence-corrected chi connectivity index (χ0v) is 11.2. The lowest BCUT2D eigenvalue weighted by Gasteiger charge is -2.07. The molecule has 1 unspecified atom stereocenters. The maximum atomic E-state index is 11.4. The van der Waals surface area contributed by atoms with Crippen LogP contribution < -0.4 is 10.6 Å². The molecule has 3 N–H and O–H groups in total. The SMILES string of the molecule is CCS(=O)CCNC(=O)Nc1ccc(C(=O)O)nc1. The fraction of sp³-hybridized carbons (Fsp3) is 0.364. The van der Waals surface area contributed by atoms with Crippen molar-refractivity contribution in [3.8, 4) is 0 Å². The number of anilines is 1. The average Bonchev–Trinajstić information content (AvgIpc) is 2.39. The number of aromatic carboxylic acids is 1. The molecule has 0 aliphatic carbocycles. The smallest absolute Gasteiger partial charge is 0.354 e. The molecule has 2 amide bonds. The summed E-state index contributed by atoms with van der Waals surface area (Å²) in [6, 6.07) is 2.29. The maximum absolute atomic E-state index is 11.4. The third-order valence-corrected chi connectivity index (χ3v) is 3.48. The second kappa shape index (κ2) is 7.47. The van der Waals surface area contributed by atoms with E-state index in [1.54, 1.807) is 0 Å². The van der Waals surface area contributed by atoms with Crippen LogP contribution in [0.25, 0.3) is 0 Å². The fourth-order valence-electron chi connectivity index (χ4n) is 1.19. The monoisotopic (exact) mass is 285 g/mol. The zero-order chi connectivity index (χ0) is 14.3.